The van der Waals surface area contributed by atoms with E-state index >= 15 is 0 Å². The molecule has 0 amide bonds. The first-order valence-electron chi connectivity index (χ1n) is 12.4. The molecule has 0 unspecified atom stereocenters. The van der Waals surface area contributed by atoms with Crippen LogP contribution in [-0.2, 0) is 16.1 Å². The van der Waals surface area contributed by atoms with Crippen LogP contribution in [0.4, 0.5) is 5.69 Å². The molecular weight excluding hydrogens is 440 g/mol. The average molecular weight is 473 g/mol. The molecule has 0 spiro atoms. The Hall–Kier alpha value is -3.61. The Morgan fingerprint density at radius 1 is 1.11 bits per heavy atom. The van der Waals surface area contributed by atoms with Crippen LogP contribution in [0.1, 0.15) is 49.4 Å². The van der Waals surface area contributed by atoms with Crippen molar-refractivity contribution in [2.45, 2.75) is 59.0 Å². The standard InChI is InChI=1S/C28H32N4O3/c1-4-34-28(33)21-9-13-23(14-10-21)30-22-11-7-20(8-12-22)17-32-26(24-6-5-15-35-24)31-25-18(2)16-19(3)29-27(25)32/h5-8,11-12,15-16,21,23,30H,4,9-10,13-14,17H2,1-3H3. The number of rotatable bonds is 7. The first-order valence-corrected chi connectivity index (χ1v) is 12.4. The van der Waals surface area contributed by atoms with Crippen molar-refractivity contribution >= 4 is 22.8 Å². The van der Waals surface area contributed by atoms with Crippen LogP contribution in [0.25, 0.3) is 22.7 Å². The molecule has 1 aliphatic rings. The molecule has 4 aromatic rings. The highest BCUT2D eigenvalue weighted by atomic mass is 16.5. The Labute approximate surface area is 205 Å². The number of nitrogens with one attached hydrogen (secondary N) is 1. The van der Waals surface area contributed by atoms with E-state index in [4.69, 9.17) is 19.1 Å². The molecule has 1 aromatic carbocycles. The van der Waals surface area contributed by atoms with E-state index < -0.39 is 0 Å². The van der Waals surface area contributed by atoms with Crippen molar-refractivity contribution in [1.82, 2.24) is 14.5 Å². The number of ether oxygens (including phenoxy) is 1. The summed E-state index contributed by atoms with van der Waals surface area (Å²) in [6.45, 7) is 7.04. The number of esters is 1. The molecule has 182 valence electrons. The van der Waals surface area contributed by atoms with Crippen molar-refractivity contribution in [3.8, 4) is 11.6 Å². The number of aryl methyl sites for hydroxylation is 2. The number of carbonyl (C=O) groups excluding carboxylic acids is 1. The molecule has 35 heavy (non-hydrogen) atoms. The van der Waals surface area contributed by atoms with Crippen molar-refractivity contribution < 1.29 is 13.9 Å². The summed E-state index contributed by atoms with van der Waals surface area (Å²) in [6.07, 6.45) is 5.38. The normalized spacial score (nSPS) is 18.0. The number of benzene rings is 1. The highest BCUT2D eigenvalue weighted by molar-refractivity contribution is 5.79. The molecule has 0 aliphatic heterocycles. The molecule has 1 fully saturated rings. The van der Waals surface area contributed by atoms with Crippen LogP contribution >= 0.6 is 0 Å². The van der Waals surface area contributed by atoms with Gasteiger partial charge in [0, 0.05) is 17.4 Å². The zero-order valence-electron chi connectivity index (χ0n) is 20.6. The largest absolute Gasteiger partial charge is 0.466 e. The Morgan fingerprint density at radius 3 is 2.57 bits per heavy atom. The van der Waals surface area contributed by atoms with E-state index in [1.807, 2.05) is 26.0 Å². The third kappa shape index (κ3) is 4.94. The van der Waals surface area contributed by atoms with Crippen LogP contribution in [-0.4, -0.2) is 33.2 Å². The fourth-order valence-corrected chi connectivity index (χ4v) is 5.01. The smallest absolute Gasteiger partial charge is 0.308 e. The zero-order valence-corrected chi connectivity index (χ0v) is 20.6. The van der Waals surface area contributed by atoms with Gasteiger partial charge in [-0.2, -0.15) is 0 Å². The summed E-state index contributed by atoms with van der Waals surface area (Å²) in [7, 11) is 0. The third-order valence-corrected chi connectivity index (χ3v) is 6.78. The minimum atomic E-state index is -0.0453. The first kappa shape index (κ1) is 23.1. The predicted octanol–water partition coefficient (Wildman–Crippen LogP) is 5.89. The number of hydrogen-bond acceptors (Lipinski definition) is 6. The maximum absolute atomic E-state index is 12.0. The molecule has 5 rings (SSSR count). The van der Waals surface area contributed by atoms with E-state index in [2.05, 4.69) is 47.1 Å². The molecule has 7 nitrogen and oxygen atoms in total. The second kappa shape index (κ2) is 9.94. The van der Waals surface area contributed by atoms with Gasteiger partial charge in [0.2, 0.25) is 0 Å². The minimum absolute atomic E-state index is 0.0453. The lowest BCUT2D eigenvalue weighted by Gasteiger charge is -2.28. The molecule has 1 saturated carbocycles. The second-order valence-corrected chi connectivity index (χ2v) is 9.39. The number of hydrogen-bond donors (Lipinski definition) is 1. The van der Waals surface area contributed by atoms with Gasteiger partial charge in [-0.15, -0.1) is 0 Å². The Morgan fingerprint density at radius 2 is 1.89 bits per heavy atom. The van der Waals surface area contributed by atoms with Crippen molar-refractivity contribution in [2.24, 2.45) is 5.92 Å². The van der Waals surface area contributed by atoms with E-state index in [1.165, 1.54) is 0 Å². The monoisotopic (exact) mass is 472 g/mol. The topological polar surface area (TPSA) is 82.2 Å². The number of furan rings is 1. The van der Waals surface area contributed by atoms with Gasteiger partial charge in [-0.25, -0.2) is 9.97 Å². The number of aromatic nitrogens is 3. The zero-order chi connectivity index (χ0) is 24.4. The summed E-state index contributed by atoms with van der Waals surface area (Å²) in [6, 6.07) is 14.8. The van der Waals surface area contributed by atoms with Gasteiger partial charge in [-0.1, -0.05) is 12.1 Å². The summed E-state index contributed by atoms with van der Waals surface area (Å²) in [5.41, 5.74) is 6.11. The van der Waals surface area contributed by atoms with E-state index in [0.29, 0.717) is 19.2 Å². The lowest BCUT2D eigenvalue weighted by Crippen LogP contribution is -2.30. The first-order chi connectivity index (χ1) is 17.0. The highest BCUT2D eigenvalue weighted by Crippen LogP contribution is 2.29. The molecule has 0 bridgehead atoms. The summed E-state index contributed by atoms with van der Waals surface area (Å²) < 4.78 is 13.0. The summed E-state index contributed by atoms with van der Waals surface area (Å²) >= 11 is 0. The summed E-state index contributed by atoms with van der Waals surface area (Å²) in [4.78, 5) is 21.7. The molecule has 0 radical (unpaired) electrons. The molecule has 1 N–H and O–H groups in total. The minimum Gasteiger partial charge on any atom is -0.466 e. The molecule has 0 saturated heterocycles. The average Bonchev–Trinajstić information content (AvgIpc) is 3.50. The number of anilines is 1. The van der Waals surface area contributed by atoms with Crippen LogP contribution in [0.2, 0.25) is 0 Å². The SMILES string of the molecule is CCOC(=O)C1CCC(Nc2ccc(Cn3c(-c4ccco4)nc4c(C)cc(C)nc43)cc2)CC1. The number of imidazole rings is 1. The van der Waals surface area contributed by atoms with Crippen molar-refractivity contribution in [2.75, 3.05) is 11.9 Å². The molecule has 0 atom stereocenters. The molecule has 1 aliphatic carbocycles. The van der Waals surface area contributed by atoms with Gasteiger partial charge < -0.3 is 19.0 Å². The van der Waals surface area contributed by atoms with Gasteiger partial charge in [0.15, 0.2) is 17.2 Å². The van der Waals surface area contributed by atoms with Crippen LogP contribution in [0.15, 0.2) is 53.1 Å². The molecule has 3 aromatic heterocycles. The quantitative estimate of drug-likeness (QED) is 0.338. The number of fused-ring (bicyclic) bond motifs is 1. The van der Waals surface area contributed by atoms with Crippen LogP contribution in [0.5, 0.6) is 0 Å². The van der Waals surface area contributed by atoms with Gasteiger partial charge in [-0.3, -0.25) is 4.79 Å². The summed E-state index contributed by atoms with van der Waals surface area (Å²) in [5, 5.41) is 3.64. The summed E-state index contributed by atoms with van der Waals surface area (Å²) in [5.74, 6) is 1.52. The van der Waals surface area contributed by atoms with Gasteiger partial charge >= 0.3 is 5.97 Å². The molecule has 7 heteroatoms. The number of pyridine rings is 1. The van der Waals surface area contributed by atoms with Crippen molar-refractivity contribution in [1.29, 1.82) is 0 Å². The van der Waals surface area contributed by atoms with Crippen molar-refractivity contribution in [3.63, 3.8) is 0 Å². The number of carbonyl (C=O) groups is 1. The lowest BCUT2D eigenvalue weighted by atomic mass is 9.86. The lowest BCUT2D eigenvalue weighted by molar-refractivity contribution is -0.149. The van der Waals surface area contributed by atoms with Crippen LogP contribution in [0.3, 0.4) is 0 Å². The van der Waals surface area contributed by atoms with Crippen LogP contribution < -0.4 is 5.32 Å². The van der Waals surface area contributed by atoms with Crippen molar-refractivity contribution in [3.05, 3.63) is 65.5 Å². The second-order valence-electron chi connectivity index (χ2n) is 9.39. The fourth-order valence-electron chi connectivity index (χ4n) is 5.01. The Bertz CT molecular complexity index is 1300. The van der Waals surface area contributed by atoms with Crippen LogP contribution in [0, 0.1) is 19.8 Å². The van der Waals surface area contributed by atoms with Gasteiger partial charge in [0.1, 0.15) is 5.52 Å². The molecular formula is C28H32N4O3. The predicted molar refractivity (Wildman–Crippen MR) is 136 cm³/mol. The van der Waals surface area contributed by atoms with Gasteiger partial charge in [0.25, 0.3) is 0 Å². The maximum Gasteiger partial charge on any atom is 0.308 e. The van der Waals surface area contributed by atoms with Gasteiger partial charge in [-0.05, 0) is 87.9 Å². The van der Waals surface area contributed by atoms with E-state index in [0.717, 1.165) is 70.9 Å². The fraction of sp³-hybridized carbons (Fsp3) is 0.393. The molecule has 3 heterocycles. The third-order valence-electron chi connectivity index (χ3n) is 6.78. The van der Waals surface area contributed by atoms with E-state index in [-0.39, 0.29) is 11.9 Å². The Balaban J connectivity index is 1.31. The maximum atomic E-state index is 12.0. The van der Waals surface area contributed by atoms with Gasteiger partial charge in [0.05, 0.1) is 25.3 Å². The van der Waals surface area contributed by atoms with E-state index in [9.17, 15) is 4.79 Å². The highest BCUT2D eigenvalue weighted by Gasteiger charge is 2.27. The van der Waals surface area contributed by atoms with E-state index in [1.54, 1.807) is 6.26 Å². The Kier molecular flexibility index (Phi) is 6.57. The number of nitrogens with zero attached hydrogens (tertiary/aromatic N) is 3.